The minimum atomic E-state index is -0.259. The van der Waals surface area contributed by atoms with Gasteiger partial charge in [0.1, 0.15) is 0 Å². The average molecular weight is 342 g/mol. The van der Waals surface area contributed by atoms with Crippen LogP contribution >= 0.6 is 0 Å². The highest BCUT2D eigenvalue weighted by molar-refractivity contribution is 5.83. The minimum absolute atomic E-state index is 0.219. The molecule has 2 aromatic carbocycles. The Morgan fingerprint density at radius 3 is 2.20 bits per heavy atom. The maximum absolute atomic E-state index is 11.9. The maximum atomic E-state index is 11.9. The van der Waals surface area contributed by atoms with Gasteiger partial charge < -0.3 is 9.47 Å². The number of hydrazine groups is 1. The van der Waals surface area contributed by atoms with Crippen LogP contribution in [-0.4, -0.2) is 26.0 Å². The Labute approximate surface area is 147 Å². The van der Waals surface area contributed by atoms with Crippen molar-refractivity contribution < 1.29 is 19.1 Å². The molecule has 0 atom stereocenters. The summed E-state index contributed by atoms with van der Waals surface area (Å²) < 4.78 is 10.4. The fourth-order valence-corrected chi connectivity index (χ4v) is 2.32. The number of rotatable bonds is 7. The van der Waals surface area contributed by atoms with E-state index >= 15 is 0 Å². The van der Waals surface area contributed by atoms with E-state index in [-0.39, 0.29) is 24.7 Å². The summed E-state index contributed by atoms with van der Waals surface area (Å²) in [7, 11) is 3.14. The second-order valence-corrected chi connectivity index (χ2v) is 5.45. The Morgan fingerprint density at radius 1 is 0.840 bits per heavy atom. The smallest absolute Gasteiger partial charge is 0.242 e. The molecule has 0 saturated carbocycles. The van der Waals surface area contributed by atoms with Crippen molar-refractivity contribution >= 4 is 11.8 Å². The third-order valence-electron chi connectivity index (χ3n) is 3.64. The van der Waals surface area contributed by atoms with Crippen LogP contribution in [0.25, 0.3) is 0 Å². The Morgan fingerprint density at radius 2 is 1.52 bits per heavy atom. The van der Waals surface area contributed by atoms with Crippen LogP contribution in [0.5, 0.6) is 11.5 Å². The molecule has 0 aliphatic carbocycles. The Hall–Kier alpha value is -3.02. The van der Waals surface area contributed by atoms with E-state index in [1.165, 1.54) is 0 Å². The first-order valence-electron chi connectivity index (χ1n) is 7.95. The van der Waals surface area contributed by atoms with E-state index in [1.54, 1.807) is 20.3 Å². The van der Waals surface area contributed by atoms with Crippen molar-refractivity contribution in [3.05, 3.63) is 59.7 Å². The second-order valence-electron chi connectivity index (χ2n) is 5.45. The van der Waals surface area contributed by atoms with Crippen LogP contribution in [0.1, 0.15) is 17.5 Å². The van der Waals surface area contributed by atoms with Crippen molar-refractivity contribution in [3.63, 3.8) is 0 Å². The largest absolute Gasteiger partial charge is 0.493 e. The number of carbonyl (C=O) groups excluding carboxylic acids is 2. The van der Waals surface area contributed by atoms with Crippen molar-refractivity contribution in [1.82, 2.24) is 10.9 Å². The fourth-order valence-electron chi connectivity index (χ4n) is 2.32. The third kappa shape index (κ3) is 5.84. The molecule has 0 aromatic heterocycles. The van der Waals surface area contributed by atoms with Crippen LogP contribution in [0.2, 0.25) is 0 Å². The van der Waals surface area contributed by atoms with Gasteiger partial charge in [-0.1, -0.05) is 36.4 Å². The zero-order valence-electron chi connectivity index (χ0n) is 14.4. The van der Waals surface area contributed by atoms with Gasteiger partial charge in [-0.25, -0.2) is 0 Å². The summed E-state index contributed by atoms with van der Waals surface area (Å²) in [6.45, 7) is 0. The molecule has 0 fully saturated rings. The maximum Gasteiger partial charge on any atom is 0.242 e. The van der Waals surface area contributed by atoms with E-state index < -0.39 is 0 Å². The number of carbonyl (C=O) groups is 2. The van der Waals surface area contributed by atoms with Gasteiger partial charge in [-0.2, -0.15) is 0 Å². The number of benzene rings is 2. The van der Waals surface area contributed by atoms with Crippen LogP contribution in [0, 0.1) is 0 Å². The number of hydrogen-bond donors (Lipinski definition) is 2. The summed E-state index contributed by atoms with van der Waals surface area (Å²) in [6.07, 6.45) is 0.999. The molecule has 6 nitrogen and oxygen atoms in total. The zero-order chi connectivity index (χ0) is 18.1. The lowest BCUT2D eigenvalue weighted by atomic mass is 10.1. The number of ether oxygens (including phenoxy) is 2. The summed E-state index contributed by atoms with van der Waals surface area (Å²) in [5.74, 6) is 0.752. The zero-order valence-corrected chi connectivity index (χ0v) is 14.4. The SMILES string of the molecule is COc1ccc(CCC(=O)NNC(=O)Cc2ccccc2)cc1OC. The summed E-state index contributed by atoms with van der Waals surface area (Å²) in [5.41, 5.74) is 6.69. The summed E-state index contributed by atoms with van der Waals surface area (Å²) >= 11 is 0. The highest BCUT2D eigenvalue weighted by Crippen LogP contribution is 2.27. The van der Waals surface area contributed by atoms with Crippen molar-refractivity contribution in [2.45, 2.75) is 19.3 Å². The third-order valence-corrected chi connectivity index (χ3v) is 3.64. The molecule has 2 aromatic rings. The van der Waals surface area contributed by atoms with Crippen LogP contribution in [0.15, 0.2) is 48.5 Å². The molecule has 0 bridgehead atoms. The molecule has 0 spiro atoms. The van der Waals surface area contributed by atoms with E-state index in [9.17, 15) is 9.59 Å². The molecule has 6 heteroatoms. The standard InChI is InChI=1S/C19H22N2O4/c1-24-16-10-8-15(12-17(16)25-2)9-11-18(22)20-21-19(23)13-14-6-4-3-5-7-14/h3-8,10,12H,9,11,13H2,1-2H3,(H,20,22)(H,21,23). The summed E-state index contributed by atoms with van der Waals surface area (Å²) in [5, 5.41) is 0. The van der Waals surface area contributed by atoms with Gasteiger partial charge in [-0.15, -0.1) is 0 Å². The fraction of sp³-hybridized carbons (Fsp3) is 0.263. The summed E-state index contributed by atoms with van der Waals surface area (Å²) in [6, 6.07) is 14.8. The first-order valence-corrected chi connectivity index (χ1v) is 7.95. The highest BCUT2D eigenvalue weighted by atomic mass is 16.5. The molecule has 25 heavy (non-hydrogen) atoms. The predicted octanol–water partition coefficient (Wildman–Crippen LogP) is 2.03. The Kier molecular flexibility index (Phi) is 6.83. The van der Waals surface area contributed by atoms with Gasteiger partial charge in [0, 0.05) is 6.42 Å². The van der Waals surface area contributed by atoms with Crippen LogP contribution in [0.3, 0.4) is 0 Å². The van der Waals surface area contributed by atoms with Gasteiger partial charge in [-0.3, -0.25) is 20.4 Å². The van der Waals surface area contributed by atoms with Gasteiger partial charge in [0.15, 0.2) is 11.5 Å². The van der Waals surface area contributed by atoms with Crippen molar-refractivity contribution in [2.24, 2.45) is 0 Å². The lowest BCUT2D eigenvalue weighted by Crippen LogP contribution is -2.42. The highest BCUT2D eigenvalue weighted by Gasteiger charge is 2.08. The molecule has 0 aliphatic heterocycles. The van der Waals surface area contributed by atoms with Gasteiger partial charge >= 0.3 is 0 Å². The molecule has 132 valence electrons. The van der Waals surface area contributed by atoms with E-state index in [2.05, 4.69) is 10.9 Å². The van der Waals surface area contributed by atoms with Crippen molar-refractivity contribution in [2.75, 3.05) is 14.2 Å². The van der Waals surface area contributed by atoms with Gasteiger partial charge in [0.25, 0.3) is 0 Å². The summed E-state index contributed by atoms with van der Waals surface area (Å²) in [4.78, 5) is 23.7. The molecule has 0 aliphatic rings. The van der Waals surface area contributed by atoms with Crippen LogP contribution in [0.4, 0.5) is 0 Å². The number of aryl methyl sites for hydroxylation is 1. The molecule has 2 rings (SSSR count). The minimum Gasteiger partial charge on any atom is -0.493 e. The normalized spacial score (nSPS) is 10.0. The number of hydrogen-bond acceptors (Lipinski definition) is 4. The van der Waals surface area contributed by atoms with Crippen LogP contribution < -0.4 is 20.3 Å². The molecule has 0 heterocycles. The lowest BCUT2D eigenvalue weighted by molar-refractivity contribution is -0.128. The first kappa shape index (κ1) is 18.3. The number of methoxy groups -OCH3 is 2. The van der Waals surface area contributed by atoms with E-state index in [0.29, 0.717) is 17.9 Å². The second kappa shape index (κ2) is 9.32. The van der Waals surface area contributed by atoms with E-state index in [1.807, 2.05) is 42.5 Å². The van der Waals surface area contributed by atoms with Crippen molar-refractivity contribution in [3.8, 4) is 11.5 Å². The average Bonchev–Trinajstić information content (AvgIpc) is 2.65. The Bertz CT molecular complexity index is 717. The topological polar surface area (TPSA) is 76.7 Å². The van der Waals surface area contributed by atoms with E-state index in [4.69, 9.17) is 9.47 Å². The lowest BCUT2D eigenvalue weighted by Gasteiger charge is -2.10. The van der Waals surface area contributed by atoms with E-state index in [0.717, 1.165) is 11.1 Å². The first-order chi connectivity index (χ1) is 12.1. The molecular formula is C19H22N2O4. The molecule has 2 amide bonds. The monoisotopic (exact) mass is 342 g/mol. The van der Waals surface area contributed by atoms with Gasteiger partial charge in [0.05, 0.1) is 20.6 Å². The quantitative estimate of drug-likeness (QED) is 0.755. The molecular weight excluding hydrogens is 320 g/mol. The van der Waals surface area contributed by atoms with Crippen molar-refractivity contribution in [1.29, 1.82) is 0 Å². The molecule has 0 radical (unpaired) electrons. The molecule has 0 unspecified atom stereocenters. The number of nitrogens with one attached hydrogen (secondary N) is 2. The predicted molar refractivity (Wildman–Crippen MR) is 94.3 cm³/mol. The van der Waals surface area contributed by atoms with Crippen LogP contribution in [-0.2, 0) is 22.4 Å². The van der Waals surface area contributed by atoms with Gasteiger partial charge in [0.2, 0.25) is 11.8 Å². The molecule has 2 N–H and O–H groups in total. The van der Waals surface area contributed by atoms with Gasteiger partial charge in [-0.05, 0) is 29.7 Å². The molecule has 0 saturated heterocycles. The Balaban J connectivity index is 1.76. The number of amides is 2.